The van der Waals surface area contributed by atoms with Crippen molar-refractivity contribution in [2.45, 2.75) is 19.4 Å². The summed E-state index contributed by atoms with van der Waals surface area (Å²) in [6, 6.07) is 18.0. The molecule has 7 heteroatoms. The van der Waals surface area contributed by atoms with Gasteiger partial charge in [-0.1, -0.05) is 42.5 Å². The van der Waals surface area contributed by atoms with Gasteiger partial charge in [-0.3, -0.25) is 14.4 Å². The molecule has 0 aromatic heterocycles. The summed E-state index contributed by atoms with van der Waals surface area (Å²) in [7, 11) is 0. The van der Waals surface area contributed by atoms with Crippen molar-refractivity contribution in [3.05, 3.63) is 65.7 Å². The third-order valence-electron chi connectivity index (χ3n) is 5.91. The first-order valence-electron chi connectivity index (χ1n) is 10.8. The molecule has 2 N–H and O–H groups in total. The number of rotatable bonds is 7. The second kappa shape index (κ2) is 9.64. The lowest BCUT2D eigenvalue weighted by Crippen LogP contribution is -2.47. The van der Waals surface area contributed by atoms with Crippen LogP contribution >= 0.6 is 0 Å². The Morgan fingerprint density at radius 1 is 1.03 bits per heavy atom. The van der Waals surface area contributed by atoms with E-state index in [1.165, 1.54) is 5.56 Å². The summed E-state index contributed by atoms with van der Waals surface area (Å²) in [4.78, 5) is 40.3. The lowest BCUT2D eigenvalue weighted by atomic mass is 10.1. The lowest BCUT2D eigenvalue weighted by Gasteiger charge is -2.28. The van der Waals surface area contributed by atoms with Gasteiger partial charge in [0.1, 0.15) is 0 Å². The van der Waals surface area contributed by atoms with Crippen molar-refractivity contribution in [3.8, 4) is 0 Å². The van der Waals surface area contributed by atoms with Gasteiger partial charge in [0.2, 0.25) is 17.7 Å². The number of hydrogen-bond acceptors (Lipinski definition) is 4. The van der Waals surface area contributed by atoms with Crippen LogP contribution in [0.2, 0.25) is 0 Å². The van der Waals surface area contributed by atoms with Crippen LogP contribution in [0, 0.1) is 5.92 Å². The number of benzene rings is 2. The number of likely N-dealkylation sites (tertiary alicyclic amines) is 1. The Balaban J connectivity index is 1.24. The van der Waals surface area contributed by atoms with Crippen molar-refractivity contribution >= 4 is 23.4 Å². The minimum atomic E-state index is -0.297. The summed E-state index contributed by atoms with van der Waals surface area (Å²) < 4.78 is 0. The van der Waals surface area contributed by atoms with E-state index >= 15 is 0 Å². The molecule has 7 nitrogen and oxygen atoms in total. The zero-order chi connectivity index (χ0) is 21.6. The monoisotopic (exact) mass is 420 g/mol. The first-order chi connectivity index (χ1) is 15.1. The summed E-state index contributed by atoms with van der Waals surface area (Å²) in [6.07, 6.45) is 1.07. The molecule has 0 aliphatic carbocycles. The van der Waals surface area contributed by atoms with Gasteiger partial charge in [0, 0.05) is 44.8 Å². The molecule has 2 aromatic carbocycles. The maximum Gasteiger partial charge on any atom is 0.239 e. The lowest BCUT2D eigenvalue weighted by molar-refractivity contribution is -0.129. The van der Waals surface area contributed by atoms with Crippen molar-refractivity contribution in [1.82, 2.24) is 15.5 Å². The molecule has 3 amide bonds. The van der Waals surface area contributed by atoms with Gasteiger partial charge in [-0.2, -0.15) is 0 Å². The topological polar surface area (TPSA) is 81.8 Å². The standard InChI is InChI=1S/C24H28N4O3/c29-22-17-27(13-11-25-22)21-8-6-19(7-9-21)15-26-24(31)20-14-23(30)28(16-20)12-10-18-4-2-1-3-5-18/h1-9,20H,10-17H2,(H,25,29)(H,26,31)/t20-/m1/s1. The van der Waals surface area contributed by atoms with E-state index in [0.717, 1.165) is 24.2 Å². The molecule has 162 valence electrons. The van der Waals surface area contributed by atoms with Crippen LogP contribution in [-0.2, 0) is 27.3 Å². The Kier molecular flexibility index (Phi) is 6.50. The van der Waals surface area contributed by atoms with Gasteiger partial charge < -0.3 is 20.4 Å². The molecule has 0 radical (unpaired) electrons. The van der Waals surface area contributed by atoms with Crippen LogP contribution < -0.4 is 15.5 Å². The van der Waals surface area contributed by atoms with E-state index in [-0.39, 0.29) is 30.1 Å². The molecule has 0 bridgehead atoms. The number of carbonyl (C=O) groups is 3. The van der Waals surface area contributed by atoms with Crippen molar-refractivity contribution in [3.63, 3.8) is 0 Å². The number of nitrogens with one attached hydrogen (secondary N) is 2. The van der Waals surface area contributed by atoms with Crippen LogP contribution in [-0.4, -0.2) is 55.3 Å². The maximum atomic E-state index is 12.6. The van der Waals surface area contributed by atoms with Crippen LogP contribution in [0.4, 0.5) is 5.69 Å². The molecule has 2 aromatic rings. The molecular weight excluding hydrogens is 392 g/mol. The molecule has 4 rings (SSSR count). The third kappa shape index (κ3) is 5.42. The van der Waals surface area contributed by atoms with Gasteiger partial charge in [0.05, 0.1) is 12.5 Å². The second-order valence-electron chi connectivity index (χ2n) is 8.13. The summed E-state index contributed by atoms with van der Waals surface area (Å²) in [6.45, 7) is 3.36. The van der Waals surface area contributed by atoms with Gasteiger partial charge in [-0.15, -0.1) is 0 Å². The number of anilines is 1. The molecule has 0 spiro atoms. The van der Waals surface area contributed by atoms with Gasteiger partial charge in [0.15, 0.2) is 0 Å². The fourth-order valence-electron chi connectivity index (χ4n) is 4.09. The molecule has 2 fully saturated rings. The Morgan fingerprint density at radius 3 is 2.55 bits per heavy atom. The SMILES string of the molecule is O=C1CN(c2ccc(CNC(=O)[C@@H]3CC(=O)N(CCc4ccccc4)C3)cc2)CCN1. The van der Waals surface area contributed by atoms with Crippen LogP contribution in [0.5, 0.6) is 0 Å². The fraction of sp³-hybridized carbons (Fsp3) is 0.375. The number of piperazine rings is 1. The van der Waals surface area contributed by atoms with Gasteiger partial charge >= 0.3 is 0 Å². The zero-order valence-corrected chi connectivity index (χ0v) is 17.5. The predicted molar refractivity (Wildman–Crippen MR) is 118 cm³/mol. The highest BCUT2D eigenvalue weighted by molar-refractivity contribution is 5.89. The van der Waals surface area contributed by atoms with Crippen LogP contribution in [0.25, 0.3) is 0 Å². The van der Waals surface area contributed by atoms with E-state index in [2.05, 4.69) is 22.8 Å². The highest BCUT2D eigenvalue weighted by Gasteiger charge is 2.33. The zero-order valence-electron chi connectivity index (χ0n) is 17.5. The molecule has 2 aliphatic heterocycles. The fourth-order valence-corrected chi connectivity index (χ4v) is 4.09. The minimum Gasteiger partial charge on any atom is -0.360 e. The maximum absolute atomic E-state index is 12.6. The largest absolute Gasteiger partial charge is 0.360 e. The molecule has 0 unspecified atom stereocenters. The van der Waals surface area contributed by atoms with Crippen molar-refractivity contribution in [1.29, 1.82) is 0 Å². The summed E-state index contributed by atoms with van der Waals surface area (Å²) >= 11 is 0. The smallest absolute Gasteiger partial charge is 0.239 e. The Hall–Kier alpha value is -3.35. The van der Waals surface area contributed by atoms with Crippen LogP contribution in [0.1, 0.15) is 17.5 Å². The first kappa shape index (κ1) is 20.9. The predicted octanol–water partition coefficient (Wildman–Crippen LogP) is 1.33. The average Bonchev–Trinajstić information content (AvgIpc) is 3.18. The second-order valence-corrected chi connectivity index (χ2v) is 8.13. The third-order valence-corrected chi connectivity index (χ3v) is 5.91. The van der Waals surface area contributed by atoms with Crippen molar-refractivity contribution < 1.29 is 14.4 Å². The molecule has 2 heterocycles. The highest BCUT2D eigenvalue weighted by atomic mass is 16.2. The van der Waals surface area contributed by atoms with E-state index in [0.29, 0.717) is 32.7 Å². The number of nitrogens with zero attached hydrogens (tertiary/aromatic N) is 2. The molecular formula is C24H28N4O3. The first-order valence-corrected chi connectivity index (χ1v) is 10.8. The van der Waals surface area contributed by atoms with E-state index in [4.69, 9.17) is 0 Å². The Bertz CT molecular complexity index is 930. The number of amides is 3. The molecule has 2 aliphatic rings. The molecule has 31 heavy (non-hydrogen) atoms. The number of hydrogen-bond donors (Lipinski definition) is 2. The normalized spacial score (nSPS) is 18.8. The van der Waals surface area contributed by atoms with Crippen molar-refractivity contribution in [2.24, 2.45) is 5.92 Å². The molecule has 2 saturated heterocycles. The summed E-state index contributed by atoms with van der Waals surface area (Å²) in [5.41, 5.74) is 3.18. The summed E-state index contributed by atoms with van der Waals surface area (Å²) in [5.74, 6) is -0.292. The van der Waals surface area contributed by atoms with Crippen LogP contribution in [0.3, 0.4) is 0 Å². The summed E-state index contributed by atoms with van der Waals surface area (Å²) in [5, 5.41) is 5.79. The molecule has 0 saturated carbocycles. The van der Waals surface area contributed by atoms with E-state index in [9.17, 15) is 14.4 Å². The van der Waals surface area contributed by atoms with Crippen molar-refractivity contribution in [2.75, 3.05) is 37.6 Å². The highest BCUT2D eigenvalue weighted by Crippen LogP contribution is 2.19. The number of carbonyl (C=O) groups excluding carboxylic acids is 3. The van der Waals surface area contributed by atoms with E-state index in [1.54, 1.807) is 4.90 Å². The molecule has 1 atom stereocenters. The quantitative estimate of drug-likeness (QED) is 0.708. The van der Waals surface area contributed by atoms with Gasteiger partial charge in [-0.25, -0.2) is 0 Å². The van der Waals surface area contributed by atoms with Crippen LogP contribution in [0.15, 0.2) is 54.6 Å². The van der Waals surface area contributed by atoms with Gasteiger partial charge in [-0.05, 0) is 29.7 Å². The Labute approximate surface area is 182 Å². The Morgan fingerprint density at radius 2 is 1.81 bits per heavy atom. The van der Waals surface area contributed by atoms with Gasteiger partial charge in [0.25, 0.3) is 0 Å². The van der Waals surface area contributed by atoms with E-state index in [1.807, 2.05) is 47.4 Å². The minimum absolute atomic E-state index is 0.0338. The average molecular weight is 421 g/mol. The van der Waals surface area contributed by atoms with E-state index < -0.39 is 0 Å².